The van der Waals surface area contributed by atoms with Crippen LogP contribution in [-0.4, -0.2) is 30.6 Å². The van der Waals surface area contributed by atoms with Crippen LogP contribution in [0.25, 0.3) is 0 Å². The Hall–Kier alpha value is -0.930. The highest BCUT2D eigenvalue weighted by molar-refractivity contribution is 6.42. The van der Waals surface area contributed by atoms with Crippen LogP contribution >= 0.6 is 34.8 Å². The average Bonchev–Trinajstić information content (AvgIpc) is 2.87. The van der Waals surface area contributed by atoms with E-state index in [1.54, 1.807) is 6.07 Å². The molecule has 2 aliphatic heterocycles. The molecule has 2 unspecified atom stereocenters. The number of fused-ring (bicyclic) bond motifs is 2. The molecule has 5 heteroatoms. The summed E-state index contributed by atoms with van der Waals surface area (Å²) in [5.74, 6) is 1.50. The van der Waals surface area contributed by atoms with Gasteiger partial charge in [0.25, 0.3) is 0 Å². The Bertz CT molecular complexity index is 797. The van der Waals surface area contributed by atoms with Gasteiger partial charge in [0.15, 0.2) is 0 Å². The van der Waals surface area contributed by atoms with Crippen molar-refractivity contribution in [1.82, 2.24) is 4.90 Å². The van der Waals surface area contributed by atoms with Crippen molar-refractivity contribution in [1.29, 1.82) is 0 Å². The van der Waals surface area contributed by atoms with Crippen molar-refractivity contribution in [2.45, 2.75) is 37.3 Å². The molecule has 138 valence electrons. The molecule has 2 heterocycles. The van der Waals surface area contributed by atoms with E-state index in [1.807, 2.05) is 24.3 Å². The van der Waals surface area contributed by atoms with Gasteiger partial charge in [-0.15, -0.1) is 0 Å². The minimum Gasteiger partial charge on any atom is -0.492 e. The number of benzene rings is 2. The van der Waals surface area contributed by atoms with E-state index in [1.165, 1.54) is 18.4 Å². The summed E-state index contributed by atoms with van der Waals surface area (Å²) in [5, 5.41) is 1.81. The predicted molar refractivity (Wildman–Crippen MR) is 109 cm³/mol. The predicted octanol–water partition coefficient (Wildman–Crippen LogP) is 6.29. The summed E-state index contributed by atoms with van der Waals surface area (Å²) in [6, 6.07) is 15.0. The summed E-state index contributed by atoms with van der Waals surface area (Å²) in [6.45, 7) is 0.624. The van der Waals surface area contributed by atoms with Crippen molar-refractivity contribution < 1.29 is 4.74 Å². The molecule has 2 aliphatic rings. The smallest absolute Gasteiger partial charge is 0.139 e. The first-order chi connectivity index (χ1) is 12.5. The van der Waals surface area contributed by atoms with E-state index in [0.29, 0.717) is 46.3 Å². The lowest BCUT2D eigenvalue weighted by Crippen LogP contribution is -2.47. The van der Waals surface area contributed by atoms with Gasteiger partial charge in [0, 0.05) is 23.0 Å². The van der Waals surface area contributed by atoms with Crippen LogP contribution in [0, 0.1) is 5.92 Å². The first-order valence-electron chi connectivity index (χ1n) is 9.09. The van der Waals surface area contributed by atoms with Crippen LogP contribution < -0.4 is 4.74 Å². The van der Waals surface area contributed by atoms with Crippen LogP contribution in [-0.2, 0) is 0 Å². The Morgan fingerprint density at radius 2 is 1.88 bits per heavy atom. The van der Waals surface area contributed by atoms with Gasteiger partial charge >= 0.3 is 0 Å². The van der Waals surface area contributed by atoms with Gasteiger partial charge in [-0.05, 0) is 62.1 Å². The highest BCUT2D eigenvalue weighted by Gasteiger charge is 2.46. The topological polar surface area (TPSA) is 12.5 Å². The van der Waals surface area contributed by atoms with Crippen LogP contribution in [0.1, 0.15) is 30.7 Å². The maximum atomic E-state index is 6.31. The molecule has 0 saturated carbocycles. The fourth-order valence-corrected chi connectivity index (χ4v) is 5.25. The molecule has 2 fully saturated rings. The zero-order valence-electron chi connectivity index (χ0n) is 14.7. The molecule has 2 aromatic rings. The number of nitrogens with zero attached hydrogens (tertiary/aromatic N) is 1. The van der Waals surface area contributed by atoms with Gasteiger partial charge in [0.1, 0.15) is 10.8 Å². The van der Waals surface area contributed by atoms with Gasteiger partial charge in [-0.2, -0.15) is 0 Å². The molecule has 2 saturated heterocycles. The molecule has 0 spiro atoms. The second-order valence-corrected chi connectivity index (χ2v) is 8.61. The first-order valence-corrected chi connectivity index (χ1v) is 10.2. The molecule has 4 rings (SSSR count). The van der Waals surface area contributed by atoms with Gasteiger partial charge in [0.05, 0.1) is 11.6 Å². The Kier molecular flexibility index (Phi) is 5.38. The van der Waals surface area contributed by atoms with Gasteiger partial charge in [-0.25, -0.2) is 0 Å². The lowest BCUT2D eigenvalue weighted by molar-refractivity contribution is 0.0666. The molecule has 2 nitrogen and oxygen atoms in total. The summed E-state index contributed by atoms with van der Waals surface area (Å²) in [4.78, 5) is 2.54. The quantitative estimate of drug-likeness (QED) is 0.587. The van der Waals surface area contributed by atoms with Crippen molar-refractivity contribution in [2.75, 3.05) is 13.7 Å². The summed E-state index contributed by atoms with van der Waals surface area (Å²) in [5.41, 5.74) is 1.31. The number of halogens is 3. The average molecular weight is 411 g/mol. The molecule has 0 aromatic heterocycles. The van der Waals surface area contributed by atoms with E-state index < -0.39 is 0 Å². The fourth-order valence-electron chi connectivity index (χ4n) is 4.71. The summed E-state index contributed by atoms with van der Waals surface area (Å²) < 4.78 is 6.16. The highest BCUT2D eigenvalue weighted by Crippen LogP contribution is 2.47. The van der Waals surface area contributed by atoms with Crippen molar-refractivity contribution in [3.8, 4) is 5.75 Å². The largest absolute Gasteiger partial charge is 0.492 e. The van der Waals surface area contributed by atoms with Crippen LogP contribution in [0.2, 0.25) is 15.1 Å². The lowest BCUT2D eigenvalue weighted by atomic mass is 9.76. The van der Waals surface area contributed by atoms with Crippen molar-refractivity contribution >= 4 is 34.8 Å². The van der Waals surface area contributed by atoms with Gasteiger partial charge in [-0.1, -0.05) is 53.0 Å². The SMILES string of the molecule is CN1C2CCC1[C@@H](COc1cccc(Cl)c1Cl)[C@H](c1cccc(Cl)c1)C2. The monoisotopic (exact) mass is 409 g/mol. The third-order valence-electron chi connectivity index (χ3n) is 6.06. The van der Waals surface area contributed by atoms with Crippen molar-refractivity contribution in [3.63, 3.8) is 0 Å². The molecule has 0 amide bonds. The molecular formula is C21H22Cl3NO. The lowest BCUT2D eigenvalue weighted by Gasteiger charge is -2.43. The summed E-state index contributed by atoms with van der Waals surface area (Å²) in [6.07, 6.45) is 3.62. The third kappa shape index (κ3) is 3.45. The van der Waals surface area contributed by atoms with E-state index in [2.05, 4.69) is 24.1 Å². The maximum Gasteiger partial charge on any atom is 0.139 e. The fraction of sp³-hybridized carbons (Fsp3) is 0.429. The Balaban J connectivity index is 1.60. The van der Waals surface area contributed by atoms with Gasteiger partial charge in [0.2, 0.25) is 0 Å². The van der Waals surface area contributed by atoms with Crippen LogP contribution in [0.15, 0.2) is 42.5 Å². The second kappa shape index (κ2) is 7.59. The maximum absolute atomic E-state index is 6.31. The molecule has 26 heavy (non-hydrogen) atoms. The molecule has 2 aromatic carbocycles. The first kappa shape index (κ1) is 18.4. The molecule has 4 atom stereocenters. The van der Waals surface area contributed by atoms with E-state index in [4.69, 9.17) is 39.5 Å². The van der Waals surface area contributed by atoms with Crippen LogP contribution in [0.5, 0.6) is 5.75 Å². The molecule has 0 aliphatic carbocycles. The van der Waals surface area contributed by atoms with Gasteiger partial charge < -0.3 is 9.64 Å². The Morgan fingerprint density at radius 1 is 1.08 bits per heavy atom. The number of ether oxygens (including phenoxy) is 1. The standard InChI is InChI=1S/C21H22Cl3NO/c1-25-15-8-9-19(25)17(12-26-20-7-3-6-18(23)21(20)24)16(11-15)13-4-2-5-14(22)10-13/h2-7,10,15-17,19H,8-9,11-12H2,1H3/t15?,16-,17-,19?/m0/s1. The Labute approximate surface area is 170 Å². The highest BCUT2D eigenvalue weighted by atomic mass is 35.5. The minimum atomic E-state index is 0.396. The normalized spacial score (nSPS) is 28.3. The zero-order valence-corrected chi connectivity index (χ0v) is 16.9. The van der Waals surface area contributed by atoms with Crippen LogP contribution in [0.4, 0.5) is 0 Å². The van der Waals surface area contributed by atoms with E-state index in [9.17, 15) is 0 Å². The summed E-state index contributed by atoms with van der Waals surface area (Å²) >= 11 is 18.7. The zero-order chi connectivity index (χ0) is 18.3. The van der Waals surface area contributed by atoms with Crippen molar-refractivity contribution in [2.24, 2.45) is 5.92 Å². The van der Waals surface area contributed by atoms with Crippen LogP contribution in [0.3, 0.4) is 0 Å². The number of hydrogen-bond acceptors (Lipinski definition) is 2. The third-order valence-corrected chi connectivity index (χ3v) is 7.09. The van der Waals surface area contributed by atoms with E-state index in [-0.39, 0.29) is 0 Å². The minimum absolute atomic E-state index is 0.396. The van der Waals surface area contributed by atoms with Gasteiger partial charge in [-0.3, -0.25) is 0 Å². The number of rotatable bonds is 4. The summed E-state index contributed by atoms with van der Waals surface area (Å²) in [7, 11) is 2.25. The molecule has 0 radical (unpaired) electrons. The number of hydrogen-bond donors (Lipinski definition) is 0. The second-order valence-electron chi connectivity index (χ2n) is 7.39. The van der Waals surface area contributed by atoms with Crippen molar-refractivity contribution in [3.05, 3.63) is 63.1 Å². The van der Waals surface area contributed by atoms with E-state index >= 15 is 0 Å². The molecular weight excluding hydrogens is 389 g/mol. The van der Waals surface area contributed by atoms with E-state index in [0.717, 1.165) is 11.4 Å². The molecule has 2 bridgehead atoms. The number of piperidine rings is 1. The Morgan fingerprint density at radius 3 is 2.69 bits per heavy atom. The molecule has 0 N–H and O–H groups in total.